The minimum Gasteiger partial charge on any atom is -0.383 e. The smallest absolute Gasteiger partial charge is 0.0381 e. The van der Waals surface area contributed by atoms with Crippen molar-refractivity contribution in [3.05, 3.63) is 28.2 Å². The van der Waals surface area contributed by atoms with E-state index in [0.29, 0.717) is 6.04 Å². The summed E-state index contributed by atoms with van der Waals surface area (Å²) in [7, 11) is 0. The second kappa shape index (κ2) is 5.69. The fourth-order valence-electron chi connectivity index (χ4n) is 2.13. The second-order valence-electron chi connectivity index (χ2n) is 4.44. The van der Waals surface area contributed by atoms with Gasteiger partial charge in [0.25, 0.3) is 0 Å². The second-order valence-corrected chi connectivity index (χ2v) is 5.29. The Bertz CT molecular complexity index is 346. The summed E-state index contributed by atoms with van der Waals surface area (Å²) in [5.41, 5.74) is 2.53. The molecule has 16 heavy (non-hydrogen) atoms. The van der Waals surface area contributed by atoms with Gasteiger partial charge in [-0.1, -0.05) is 28.4 Å². The van der Waals surface area contributed by atoms with Crippen LogP contribution in [0.1, 0.15) is 24.8 Å². The molecule has 1 aromatic rings. The van der Waals surface area contributed by atoms with E-state index in [1.807, 2.05) is 0 Å². The molecule has 2 rings (SSSR count). The Labute approximate surface area is 106 Å². The van der Waals surface area contributed by atoms with Crippen LogP contribution < -0.4 is 10.6 Å². The van der Waals surface area contributed by atoms with Gasteiger partial charge in [-0.3, -0.25) is 0 Å². The Balaban J connectivity index is 1.91. The highest BCUT2D eigenvalue weighted by atomic mass is 79.9. The van der Waals surface area contributed by atoms with Gasteiger partial charge in [-0.15, -0.1) is 0 Å². The molecule has 1 aliphatic rings. The van der Waals surface area contributed by atoms with E-state index in [0.717, 1.165) is 6.54 Å². The Kier molecular flexibility index (Phi) is 4.24. The summed E-state index contributed by atoms with van der Waals surface area (Å²) in [6, 6.07) is 6.93. The van der Waals surface area contributed by atoms with Gasteiger partial charge in [0.2, 0.25) is 0 Å². The first-order valence-electron chi connectivity index (χ1n) is 6.00. The predicted octanol–water partition coefficient (Wildman–Crippen LogP) is 3.31. The summed E-state index contributed by atoms with van der Waals surface area (Å²) in [5, 5.41) is 7.08. The van der Waals surface area contributed by atoms with Crippen molar-refractivity contribution in [2.75, 3.05) is 18.4 Å². The van der Waals surface area contributed by atoms with Gasteiger partial charge < -0.3 is 10.6 Å². The number of anilines is 1. The zero-order valence-electron chi connectivity index (χ0n) is 9.72. The van der Waals surface area contributed by atoms with Crippen molar-refractivity contribution in [1.82, 2.24) is 5.32 Å². The van der Waals surface area contributed by atoms with Gasteiger partial charge in [0.15, 0.2) is 0 Å². The Morgan fingerprint density at radius 2 is 2.31 bits per heavy atom. The minimum absolute atomic E-state index is 0.632. The first-order valence-corrected chi connectivity index (χ1v) is 6.79. The van der Waals surface area contributed by atoms with Crippen LogP contribution in [-0.2, 0) is 0 Å². The lowest BCUT2D eigenvalue weighted by atomic mass is 10.0. The van der Waals surface area contributed by atoms with Crippen molar-refractivity contribution in [2.45, 2.75) is 32.2 Å². The van der Waals surface area contributed by atoms with Crippen molar-refractivity contribution in [3.8, 4) is 0 Å². The van der Waals surface area contributed by atoms with Crippen molar-refractivity contribution in [1.29, 1.82) is 0 Å². The Hall–Kier alpha value is -0.540. The fourth-order valence-corrected chi connectivity index (χ4v) is 2.50. The van der Waals surface area contributed by atoms with E-state index >= 15 is 0 Å². The SMILES string of the molecule is Cc1c(Br)cccc1NCC1CCCCN1. The summed E-state index contributed by atoms with van der Waals surface area (Å²) >= 11 is 3.56. The van der Waals surface area contributed by atoms with Crippen molar-refractivity contribution < 1.29 is 0 Å². The maximum Gasteiger partial charge on any atom is 0.0381 e. The van der Waals surface area contributed by atoms with Gasteiger partial charge in [0, 0.05) is 22.7 Å². The summed E-state index contributed by atoms with van der Waals surface area (Å²) in [6.45, 7) is 4.34. The topological polar surface area (TPSA) is 24.1 Å². The maximum absolute atomic E-state index is 3.56. The average molecular weight is 283 g/mol. The van der Waals surface area contributed by atoms with Gasteiger partial charge >= 0.3 is 0 Å². The monoisotopic (exact) mass is 282 g/mol. The average Bonchev–Trinajstić information content (AvgIpc) is 2.32. The third-order valence-corrected chi connectivity index (χ3v) is 4.08. The highest BCUT2D eigenvalue weighted by Gasteiger charge is 2.12. The molecule has 1 fully saturated rings. The molecule has 0 aliphatic carbocycles. The van der Waals surface area contributed by atoms with Gasteiger partial charge in [0.05, 0.1) is 0 Å². The van der Waals surface area contributed by atoms with E-state index in [1.54, 1.807) is 0 Å². The van der Waals surface area contributed by atoms with Gasteiger partial charge in [0.1, 0.15) is 0 Å². The molecule has 2 nitrogen and oxygen atoms in total. The first-order chi connectivity index (χ1) is 7.77. The van der Waals surface area contributed by atoms with Crippen LogP contribution in [0.15, 0.2) is 22.7 Å². The van der Waals surface area contributed by atoms with E-state index in [2.05, 4.69) is 51.7 Å². The van der Waals surface area contributed by atoms with Crippen LogP contribution in [0.25, 0.3) is 0 Å². The third-order valence-electron chi connectivity index (χ3n) is 3.22. The highest BCUT2D eigenvalue weighted by molar-refractivity contribution is 9.10. The molecule has 1 heterocycles. The summed E-state index contributed by atoms with van der Waals surface area (Å²) in [4.78, 5) is 0. The van der Waals surface area contributed by atoms with Crippen LogP contribution in [-0.4, -0.2) is 19.1 Å². The fraction of sp³-hybridized carbons (Fsp3) is 0.538. The number of halogens is 1. The molecule has 1 aromatic carbocycles. The Morgan fingerprint density at radius 1 is 1.44 bits per heavy atom. The molecule has 0 bridgehead atoms. The van der Waals surface area contributed by atoms with Crippen molar-refractivity contribution in [3.63, 3.8) is 0 Å². The molecule has 0 amide bonds. The lowest BCUT2D eigenvalue weighted by Gasteiger charge is -2.24. The molecule has 88 valence electrons. The Morgan fingerprint density at radius 3 is 3.06 bits per heavy atom. The first kappa shape index (κ1) is 11.9. The summed E-state index contributed by atoms with van der Waals surface area (Å²) < 4.78 is 1.18. The third kappa shape index (κ3) is 2.98. The number of nitrogens with one attached hydrogen (secondary N) is 2. The normalized spacial score (nSPS) is 20.8. The van der Waals surface area contributed by atoms with Crippen molar-refractivity contribution >= 4 is 21.6 Å². The highest BCUT2D eigenvalue weighted by Crippen LogP contribution is 2.23. The van der Waals surface area contributed by atoms with Crippen LogP contribution in [0, 0.1) is 6.92 Å². The predicted molar refractivity (Wildman–Crippen MR) is 73.0 cm³/mol. The van der Waals surface area contributed by atoms with Gasteiger partial charge in [-0.05, 0) is 44.0 Å². The van der Waals surface area contributed by atoms with E-state index in [1.165, 1.54) is 41.5 Å². The van der Waals surface area contributed by atoms with Crippen LogP contribution in [0.2, 0.25) is 0 Å². The van der Waals surface area contributed by atoms with Crippen LogP contribution >= 0.6 is 15.9 Å². The number of benzene rings is 1. The molecule has 1 atom stereocenters. The molecule has 0 saturated carbocycles. The number of hydrogen-bond donors (Lipinski definition) is 2. The van der Waals surface area contributed by atoms with Crippen LogP contribution in [0.3, 0.4) is 0 Å². The molecule has 0 aromatic heterocycles. The molecule has 0 spiro atoms. The number of piperidine rings is 1. The van der Waals surface area contributed by atoms with Crippen LogP contribution in [0.5, 0.6) is 0 Å². The molecule has 1 aliphatic heterocycles. The standard InChI is InChI=1S/C13H19BrN2/c1-10-12(14)6-4-7-13(10)16-9-11-5-2-3-8-15-11/h4,6-7,11,15-16H,2-3,5,8-9H2,1H3. The van der Waals surface area contributed by atoms with E-state index in [4.69, 9.17) is 0 Å². The molecule has 2 N–H and O–H groups in total. The van der Waals surface area contributed by atoms with E-state index in [-0.39, 0.29) is 0 Å². The molecular weight excluding hydrogens is 264 g/mol. The van der Waals surface area contributed by atoms with E-state index in [9.17, 15) is 0 Å². The molecule has 1 saturated heterocycles. The maximum atomic E-state index is 3.56. The van der Waals surface area contributed by atoms with Crippen molar-refractivity contribution in [2.24, 2.45) is 0 Å². The molecule has 0 radical (unpaired) electrons. The van der Waals surface area contributed by atoms with E-state index < -0.39 is 0 Å². The zero-order valence-corrected chi connectivity index (χ0v) is 11.3. The summed E-state index contributed by atoms with van der Waals surface area (Å²) in [5.74, 6) is 0. The molecule has 3 heteroatoms. The quantitative estimate of drug-likeness (QED) is 0.889. The van der Waals surface area contributed by atoms with Gasteiger partial charge in [-0.25, -0.2) is 0 Å². The molecular formula is C13H19BrN2. The lowest BCUT2D eigenvalue weighted by Crippen LogP contribution is -2.39. The number of hydrogen-bond acceptors (Lipinski definition) is 2. The zero-order chi connectivity index (χ0) is 11.4. The molecule has 1 unspecified atom stereocenters. The number of rotatable bonds is 3. The van der Waals surface area contributed by atoms with Crippen LogP contribution in [0.4, 0.5) is 5.69 Å². The lowest BCUT2D eigenvalue weighted by molar-refractivity contribution is 0.414. The summed E-state index contributed by atoms with van der Waals surface area (Å²) in [6.07, 6.45) is 3.98. The van der Waals surface area contributed by atoms with Gasteiger partial charge in [-0.2, -0.15) is 0 Å². The minimum atomic E-state index is 0.632. The largest absolute Gasteiger partial charge is 0.383 e.